The topological polar surface area (TPSA) is 57.7 Å². The average molecular weight is 290 g/mol. The van der Waals surface area contributed by atoms with Crippen molar-refractivity contribution in [2.75, 3.05) is 19.6 Å². The van der Waals surface area contributed by atoms with E-state index >= 15 is 0 Å². The van der Waals surface area contributed by atoms with Gasteiger partial charge in [0.15, 0.2) is 0 Å². The van der Waals surface area contributed by atoms with Crippen LogP contribution in [0, 0.1) is 5.82 Å². The van der Waals surface area contributed by atoms with Gasteiger partial charge < -0.3 is 4.90 Å². The molecule has 0 radical (unpaired) electrons. The molecule has 1 aromatic rings. The molecule has 0 aliphatic carbocycles. The van der Waals surface area contributed by atoms with Gasteiger partial charge in [0.2, 0.25) is 5.91 Å². The number of nitrogens with zero attached hydrogens (tertiary/aromatic N) is 2. The van der Waals surface area contributed by atoms with Crippen molar-refractivity contribution >= 4 is 17.7 Å². The fourth-order valence-corrected chi connectivity index (χ4v) is 2.81. The number of piperidine rings is 1. The maximum atomic E-state index is 13.7. The van der Waals surface area contributed by atoms with E-state index in [0.717, 1.165) is 30.2 Å². The van der Waals surface area contributed by atoms with Gasteiger partial charge in [-0.15, -0.1) is 0 Å². The average Bonchev–Trinajstić information content (AvgIpc) is 2.74. The largest absolute Gasteiger partial charge is 0.341 e. The van der Waals surface area contributed by atoms with Crippen LogP contribution in [-0.2, 0) is 4.79 Å². The summed E-state index contributed by atoms with van der Waals surface area (Å²) in [5.74, 6) is -2.30. The molecule has 110 valence electrons. The zero-order valence-electron chi connectivity index (χ0n) is 11.5. The monoisotopic (exact) mass is 290 g/mol. The van der Waals surface area contributed by atoms with Crippen LogP contribution >= 0.6 is 0 Å². The minimum Gasteiger partial charge on any atom is -0.341 e. The first-order chi connectivity index (χ1) is 10.1. The van der Waals surface area contributed by atoms with Gasteiger partial charge >= 0.3 is 0 Å². The molecule has 5 nitrogen and oxygen atoms in total. The second-order valence-electron chi connectivity index (χ2n) is 5.30. The third kappa shape index (κ3) is 2.30. The first-order valence-electron chi connectivity index (χ1n) is 7.02. The highest BCUT2D eigenvalue weighted by molar-refractivity contribution is 6.22. The highest BCUT2D eigenvalue weighted by Crippen LogP contribution is 2.25. The molecule has 2 heterocycles. The van der Waals surface area contributed by atoms with Gasteiger partial charge in [0.25, 0.3) is 11.8 Å². The standard InChI is InChI=1S/C15H15FN2O3/c16-11-6-4-5-10-13(11)15(21)18(14(10)20)9-12(19)17-7-2-1-3-8-17/h4-6H,1-3,7-9H2. The minimum absolute atomic E-state index is 0.0337. The molecule has 21 heavy (non-hydrogen) atoms. The highest BCUT2D eigenvalue weighted by Gasteiger charge is 2.39. The number of imide groups is 1. The molecule has 0 atom stereocenters. The molecule has 1 fully saturated rings. The van der Waals surface area contributed by atoms with Crippen molar-refractivity contribution in [1.82, 2.24) is 9.80 Å². The number of halogens is 1. The van der Waals surface area contributed by atoms with Gasteiger partial charge in [-0.05, 0) is 31.4 Å². The number of carbonyl (C=O) groups excluding carboxylic acids is 3. The molecular formula is C15H15FN2O3. The molecule has 0 unspecified atom stereocenters. The van der Waals surface area contributed by atoms with E-state index in [1.165, 1.54) is 12.1 Å². The smallest absolute Gasteiger partial charge is 0.265 e. The van der Waals surface area contributed by atoms with E-state index in [2.05, 4.69) is 0 Å². The second-order valence-corrected chi connectivity index (χ2v) is 5.30. The third-order valence-corrected chi connectivity index (χ3v) is 3.95. The summed E-state index contributed by atoms with van der Waals surface area (Å²) in [5, 5.41) is 0. The van der Waals surface area contributed by atoms with Crippen molar-refractivity contribution in [2.45, 2.75) is 19.3 Å². The minimum atomic E-state index is -0.724. The number of carbonyl (C=O) groups is 3. The Balaban J connectivity index is 1.79. The van der Waals surface area contributed by atoms with Gasteiger partial charge in [0.1, 0.15) is 12.4 Å². The van der Waals surface area contributed by atoms with Crippen molar-refractivity contribution in [2.24, 2.45) is 0 Å². The van der Waals surface area contributed by atoms with Crippen LogP contribution < -0.4 is 0 Å². The Hall–Kier alpha value is -2.24. The van der Waals surface area contributed by atoms with Crippen molar-refractivity contribution in [1.29, 1.82) is 0 Å². The Morgan fingerprint density at radius 2 is 1.81 bits per heavy atom. The number of hydrogen-bond acceptors (Lipinski definition) is 3. The maximum absolute atomic E-state index is 13.7. The van der Waals surface area contributed by atoms with Gasteiger partial charge in [-0.3, -0.25) is 19.3 Å². The fourth-order valence-electron chi connectivity index (χ4n) is 2.81. The van der Waals surface area contributed by atoms with Gasteiger partial charge in [-0.25, -0.2) is 4.39 Å². The summed E-state index contributed by atoms with van der Waals surface area (Å²) in [7, 11) is 0. The van der Waals surface area contributed by atoms with Gasteiger partial charge in [-0.1, -0.05) is 6.07 Å². The van der Waals surface area contributed by atoms with Crippen LogP contribution in [0.25, 0.3) is 0 Å². The summed E-state index contributed by atoms with van der Waals surface area (Å²) in [4.78, 5) is 38.9. The lowest BCUT2D eigenvalue weighted by atomic mass is 10.1. The van der Waals surface area contributed by atoms with Gasteiger partial charge in [0, 0.05) is 13.1 Å². The van der Waals surface area contributed by atoms with E-state index in [1.54, 1.807) is 4.90 Å². The van der Waals surface area contributed by atoms with Crippen LogP contribution in [0.15, 0.2) is 18.2 Å². The zero-order valence-corrected chi connectivity index (χ0v) is 11.5. The molecule has 2 aliphatic rings. The second kappa shape index (κ2) is 5.27. The maximum Gasteiger partial charge on any atom is 0.265 e. The van der Waals surface area contributed by atoms with Crippen LogP contribution in [0.2, 0.25) is 0 Å². The first kappa shape index (κ1) is 13.7. The Morgan fingerprint density at radius 3 is 2.48 bits per heavy atom. The van der Waals surface area contributed by atoms with Crippen LogP contribution in [0.1, 0.15) is 40.0 Å². The van der Waals surface area contributed by atoms with E-state index in [4.69, 9.17) is 0 Å². The van der Waals surface area contributed by atoms with Crippen LogP contribution in [0.4, 0.5) is 4.39 Å². The number of likely N-dealkylation sites (tertiary alicyclic amines) is 1. The summed E-state index contributed by atoms with van der Waals surface area (Å²) in [5.41, 5.74) is -0.194. The third-order valence-electron chi connectivity index (χ3n) is 3.95. The molecule has 1 saturated heterocycles. The van der Waals surface area contributed by atoms with Crippen molar-refractivity contribution in [3.05, 3.63) is 35.1 Å². The van der Waals surface area contributed by atoms with Crippen molar-refractivity contribution in [3.63, 3.8) is 0 Å². The molecular weight excluding hydrogens is 275 g/mol. The first-order valence-corrected chi connectivity index (χ1v) is 7.02. The molecule has 0 aromatic heterocycles. The number of hydrogen-bond donors (Lipinski definition) is 0. The van der Waals surface area contributed by atoms with E-state index in [9.17, 15) is 18.8 Å². The van der Waals surface area contributed by atoms with Crippen LogP contribution in [0.5, 0.6) is 0 Å². The molecule has 0 spiro atoms. The Kier molecular flexibility index (Phi) is 3.45. The SMILES string of the molecule is O=C(CN1C(=O)c2cccc(F)c2C1=O)N1CCCCC1. The molecule has 2 aliphatic heterocycles. The zero-order chi connectivity index (χ0) is 15.0. The predicted octanol–water partition coefficient (Wildman–Crippen LogP) is 1.43. The molecule has 3 rings (SSSR count). The summed E-state index contributed by atoms with van der Waals surface area (Å²) in [6.45, 7) is 0.985. The summed E-state index contributed by atoms with van der Waals surface area (Å²) >= 11 is 0. The predicted molar refractivity (Wildman–Crippen MR) is 72.2 cm³/mol. The number of rotatable bonds is 2. The summed E-state index contributed by atoms with van der Waals surface area (Å²) in [6.07, 6.45) is 2.95. The lowest BCUT2D eigenvalue weighted by molar-refractivity contribution is -0.132. The molecule has 0 bridgehead atoms. The molecule has 6 heteroatoms. The molecule has 1 aromatic carbocycles. The molecule has 0 saturated carbocycles. The normalized spacial score (nSPS) is 18.1. The van der Waals surface area contributed by atoms with Crippen molar-refractivity contribution < 1.29 is 18.8 Å². The lowest BCUT2D eigenvalue weighted by Gasteiger charge is -2.28. The van der Waals surface area contributed by atoms with Gasteiger partial charge in [-0.2, -0.15) is 0 Å². The fraction of sp³-hybridized carbons (Fsp3) is 0.400. The van der Waals surface area contributed by atoms with E-state index in [1.807, 2.05) is 0 Å². The van der Waals surface area contributed by atoms with Crippen LogP contribution in [-0.4, -0.2) is 47.2 Å². The molecule has 3 amide bonds. The van der Waals surface area contributed by atoms with E-state index < -0.39 is 17.6 Å². The quantitative estimate of drug-likeness (QED) is 0.774. The van der Waals surface area contributed by atoms with Gasteiger partial charge in [0.05, 0.1) is 11.1 Å². The van der Waals surface area contributed by atoms with E-state index in [0.29, 0.717) is 13.1 Å². The molecule has 0 N–H and O–H groups in total. The Labute approximate surface area is 121 Å². The van der Waals surface area contributed by atoms with Crippen LogP contribution in [0.3, 0.4) is 0 Å². The summed E-state index contributed by atoms with van der Waals surface area (Å²) < 4.78 is 13.7. The van der Waals surface area contributed by atoms with Crippen molar-refractivity contribution in [3.8, 4) is 0 Å². The number of benzene rings is 1. The highest BCUT2D eigenvalue weighted by atomic mass is 19.1. The number of amides is 3. The Bertz CT molecular complexity index is 623. The van der Waals surface area contributed by atoms with E-state index in [-0.39, 0.29) is 23.6 Å². The summed E-state index contributed by atoms with van der Waals surface area (Å²) in [6, 6.07) is 3.93. The Morgan fingerprint density at radius 1 is 1.10 bits per heavy atom. The lowest BCUT2D eigenvalue weighted by Crippen LogP contribution is -2.44. The number of fused-ring (bicyclic) bond motifs is 1.